The minimum absolute atomic E-state index is 0. The van der Waals surface area contributed by atoms with Gasteiger partial charge in [0.15, 0.2) is 0 Å². The average Bonchev–Trinajstić information content (AvgIpc) is 2.75. The molecule has 0 aliphatic rings. The van der Waals surface area contributed by atoms with Gasteiger partial charge in [-0.3, -0.25) is 0 Å². The van der Waals surface area contributed by atoms with Crippen LogP contribution in [0.5, 0.6) is 11.5 Å². The van der Waals surface area contributed by atoms with E-state index < -0.39 is 10.1 Å². The standard InChI is InChI=1S/C26H38O4S.Na/c1-2-3-4-5-6-7-8-9-10-11-12-14-17-23-22-25(31(27,28)29)20-21-26(23)30-24-18-15-13-16-19-24;/h13,15-16,18-22H,2-12,14,17H2,1H3,(H,27,28,29);/q;+1/p-1. The number of ether oxygens (including phenoxy) is 1. The monoisotopic (exact) mass is 468 g/mol. The van der Waals surface area contributed by atoms with Gasteiger partial charge in [-0.15, -0.1) is 0 Å². The Morgan fingerprint density at radius 2 is 1.28 bits per heavy atom. The van der Waals surface area contributed by atoms with Crippen molar-refractivity contribution in [1.29, 1.82) is 0 Å². The molecule has 0 aromatic heterocycles. The number of aryl methyl sites for hydroxylation is 1. The quantitative estimate of drug-likeness (QED) is 0.205. The van der Waals surface area contributed by atoms with Crippen molar-refractivity contribution in [1.82, 2.24) is 0 Å². The molecule has 0 fully saturated rings. The van der Waals surface area contributed by atoms with Crippen molar-refractivity contribution in [2.24, 2.45) is 0 Å². The number of hydrogen-bond donors (Lipinski definition) is 0. The molecule has 2 aromatic rings. The Hall–Kier alpha value is -0.850. The summed E-state index contributed by atoms with van der Waals surface area (Å²) in [5.41, 5.74) is 0.771. The van der Waals surface area contributed by atoms with Crippen LogP contribution in [-0.4, -0.2) is 13.0 Å². The maximum atomic E-state index is 11.4. The van der Waals surface area contributed by atoms with Gasteiger partial charge in [-0.25, -0.2) is 8.42 Å². The van der Waals surface area contributed by atoms with E-state index in [1.165, 1.54) is 76.3 Å². The van der Waals surface area contributed by atoms with Crippen LogP contribution in [0.25, 0.3) is 0 Å². The van der Waals surface area contributed by atoms with Crippen molar-refractivity contribution in [2.45, 2.75) is 95.3 Å². The van der Waals surface area contributed by atoms with Crippen LogP contribution in [0.15, 0.2) is 53.4 Å². The van der Waals surface area contributed by atoms with Gasteiger partial charge < -0.3 is 9.29 Å². The number of unbranched alkanes of at least 4 members (excludes halogenated alkanes) is 11. The largest absolute Gasteiger partial charge is 1.00 e. The third kappa shape index (κ3) is 11.9. The molecule has 0 N–H and O–H groups in total. The number of hydrogen-bond acceptors (Lipinski definition) is 4. The smallest absolute Gasteiger partial charge is 0.744 e. The fourth-order valence-electron chi connectivity index (χ4n) is 3.78. The Kier molecular flexibility index (Phi) is 15.2. The minimum Gasteiger partial charge on any atom is -0.744 e. The van der Waals surface area contributed by atoms with Crippen molar-refractivity contribution in [3.8, 4) is 11.5 Å². The Morgan fingerprint density at radius 1 is 0.750 bits per heavy atom. The number of para-hydroxylation sites is 1. The molecule has 6 heteroatoms. The van der Waals surface area contributed by atoms with Crippen molar-refractivity contribution in [3.63, 3.8) is 0 Å². The van der Waals surface area contributed by atoms with E-state index in [2.05, 4.69) is 6.92 Å². The molecular formula is C26H37NaO4S. The van der Waals surface area contributed by atoms with Crippen molar-refractivity contribution in [3.05, 3.63) is 54.1 Å². The van der Waals surface area contributed by atoms with Gasteiger partial charge in [-0.2, -0.15) is 0 Å². The molecule has 0 heterocycles. The molecule has 0 saturated carbocycles. The van der Waals surface area contributed by atoms with E-state index in [0.29, 0.717) is 17.9 Å². The minimum atomic E-state index is -4.48. The van der Waals surface area contributed by atoms with Crippen molar-refractivity contribution in [2.75, 3.05) is 0 Å². The van der Waals surface area contributed by atoms with Crippen LogP contribution in [0, 0.1) is 0 Å². The summed E-state index contributed by atoms with van der Waals surface area (Å²) in [6.45, 7) is 2.25. The topological polar surface area (TPSA) is 66.4 Å². The molecule has 2 aromatic carbocycles. The van der Waals surface area contributed by atoms with Gasteiger partial charge in [0.2, 0.25) is 0 Å². The van der Waals surface area contributed by atoms with Crippen LogP contribution >= 0.6 is 0 Å². The first-order valence-corrected chi connectivity index (χ1v) is 13.2. The summed E-state index contributed by atoms with van der Waals surface area (Å²) < 4.78 is 40.2. The molecule has 0 atom stereocenters. The molecule has 0 bridgehead atoms. The Labute approximate surface area is 217 Å². The Bertz CT molecular complexity index is 853. The third-order valence-corrected chi connectivity index (χ3v) is 6.42. The van der Waals surface area contributed by atoms with E-state index in [0.717, 1.165) is 18.4 Å². The SMILES string of the molecule is CCCCCCCCCCCCCCc1cc(S(=O)(=O)[O-])ccc1Oc1ccccc1.[Na+]. The maximum Gasteiger partial charge on any atom is 1.00 e. The van der Waals surface area contributed by atoms with Gasteiger partial charge in [-0.05, 0) is 48.7 Å². The fourth-order valence-corrected chi connectivity index (χ4v) is 4.30. The van der Waals surface area contributed by atoms with Gasteiger partial charge >= 0.3 is 29.6 Å². The van der Waals surface area contributed by atoms with Crippen LogP contribution in [-0.2, 0) is 16.5 Å². The average molecular weight is 469 g/mol. The predicted molar refractivity (Wildman–Crippen MR) is 126 cm³/mol. The second kappa shape index (κ2) is 16.7. The summed E-state index contributed by atoms with van der Waals surface area (Å²) in [5.74, 6) is 1.30. The zero-order valence-corrected chi connectivity index (χ0v) is 22.7. The second-order valence-corrected chi connectivity index (χ2v) is 9.66. The summed E-state index contributed by atoms with van der Waals surface area (Å²) in [7, 11) is -4.48. The summed E-state index contributed by atoms with van der Waals surface area (Å²) in [6, 6.07) is 13.8. The first-order valence-electron chi connectivity index (χ1n) is 11.8. The molecule has 0 aliphatic heterocycles. The Balaban J connectivity index is 0.00000512. The summed E-state index contributed by atoms with van der Waals surface area (Å²) in [4.78, 5) is -0.193. The van der Waals surface area contributed by atoms with E-state index in [-0.39, 0.29) is 34.5 Å². The summed E-state index contributed by atoms with van der Waals surface area (Å²) >= 11 is 0. The van der Waals surface area contributed by atoms with E-state index in [1.807, 2.05) is 30.3 Å². The molecule has 0 amide bonds. The van der Waals surface area contributed by atoms with Gasteiger partial charge in [0, 0.05) is 0 Å². The maximum absolute atomic E-state index is 11.4. The van der Waals surface area contributed by atoms with Crippen LogP contribution in [0.1, 0.15) is 89.5 Å². The van der Waals surface area contributed by atoms with Crippen molar-refractivity contribution < 1.29 is 47.3 Å². The van der Waals surface area contributed by atoms with Gasteiger partial charge in [0.1, 0.15) is 21.6 Å². The van der Waals surface area contributed by atoms with Gasteiger partial charge in [-0.1, -0.05) is 95.8 Å². The molecule has 32 heavy (non-hydrogen) atoms. The van der Waals surface area contributed by atoms with Crippen LogP contribution in [0.4, 0.5) is 0 Å². The molecule has 172 valence electrons. The predicted octanol–water partition coefficient (Wildman–Crippen LogP) is 4.63. The van der Waals surface area contributed by atoms with E-state index in [1.54, 1.807) is 6.07 Å². The Morgan fingerprint density at radius 3 is 1.81 bits per heavy atom. The molecule has 4 nitrogen and oxygen atoms in total. The van der Waals surface area contributed by atoms with Gasteiger partial charge in [0.25, 0.3) is 0 Å². The molecule has 0 aliphatic carbocycles. The van der Waals surface area contributed by atoms with Crippen LogP contribution in [0.3, 0.4) is 0 Å². The van der Waals surface area contributed by atoms with Crippen LogP contribution < -0.4 is 34.3 Å². The van der Waals surface area contributed by atoms with Gasteiger partial charge in [0.05, 0.1) is 4.90 Å². The summed E-state index contributed by atoms with van der Waals surface area (Å²) in [5, 5.41) is 0. The molecule has 2 rings (SSSR count). The molecule has 0 radical (unpaired) electrons. The molecule has 0 saturated heterocycles. The molecule has 0 unspecified atom stereocenters. The summed E-state index contributed by atoms with van der Waals surface area (Å²) in [6.07, 6.45) is 15.9. The first-order chi connectivity index (χ1) is 15.0. The van der Waals surface area contributed by atoms with E-state index in [4.69, 9.17) is 4.74 Å². The fraction of sp³-hybridized carbons (Fsp3) is 0.538. The van der Waals surface area contributed by atoms with Crippen molar-refractivity contribution >= 4 is 10.1 Å². The first kappa shape index (κ1) is 29.2. The van der Waals surface area contributed by atoms with E-state index >= 15 is 0 Å². The second-order valence-electron chi connectivity index (χ2n) is 8.28. The number of rotatable bonds is 16. The zero-order valence-electron chi connectivity index (χ0n) is 19.9. The zero-order chi connectivity index (χ0) is 22.4. The third-order valence-electron chi connectivity index (χ3n) is 5.59. The normalized spacial score (nSPS) is 11.2. The molecular weight excluding hydrogens is 431 g/mol. The number of benzene rings is 2. The van der Waals surface area contributed by atoms with E-state index in [9.17, 15) is 13.0 Å². The molecule has 0 spiro atoms. The van der Waals surface area contributed by atoms with Crippen LogP contribution in [0.2, 0.25) is 0 Å².